The molecule has 3 amide bonds. The van der Waals surface area contributed by atoms with E-state index in [0.717, 1.165) is 12.1 Å². The molecule has 2 aromatic rings. The molecule has 0 unspecified atom stereocenters. The van der Waals surface area contributed by atoms with Gasteiger partial charge in [-0.25, -0.2) is 9.18 Å². The molecular formula is C23H19F4N3O2. The van der Waals surface area contributed by atoms with Crippen molar-refractivity contribution in [1.29, 1.82) is 0 Å². The predicted octanol–water partition coefficient (Wildman–Crippen LogP) is 4.39. The van der Waals surface area contributed by atoms with Gasteiger partial charge in [0.25, 0.3) is 5.91 Å². The van der Waals surface area contributed by atoms with Crippen molar-refractivity contribution in [3.05, 3.63) is 95.0 Å². The van der Waals surface area contributed by atoms with Crippen LogP contribution in [0.4, 0.5) is 22.4 Å². The SMILES string of the molecule is C=CCN1C(=O)N[C@H](c2ccc(C(F)(F)F)cc2)C2=C1CN(Cc1ccc(F)cc1)C2=O. The van der Waals surface area contributed by atoms with Gasteiger partial charge in [-0.3, -0.25) is 9.69 Å². The summed E-state index contributed by atoms with van der Waals surface area (Å²) < 4.78 is 52.0. The average Bonchev–Trinajstić information content (AvgIpc) is 3.07. The summed E-state index contributed by atoms with van der Waals surface area (Å²) in [5.74, 6) is -0.739. The van der Waals surface area contributed by atoms with Gasteiger partial charge in [-0.1, -0.05) is 30.3 Å². The second-order valence-corrected chi connectivity index (χ2v) is 7.55. The van der Waals surface area contributed by atoms with Crippen LogP contribution < -0.4 is 5.32 Å². The molecule has 0 bridgehead atoms. The zero-order valence-electron chi connectivity index (χ0n) is 16.8. The summed E-state index contributed by atoms with van der Waals surface area (Å²) in [6.07, 6.45) is -2.97. The Morgan fingerprint density at radius 3 is 2.31 bits per heavy atom. The first-order valence-corrected chi connectivity index (χ1v) is 9.82. The van der Waals surface area contributed by atoms with Crippen LogP contribution in [0.1, 0.15) is 22.7 Å². The predicted molar refractivity (Wildman–Crippen MR) is 108 cm³/mol. The number of nitrogens with one attached hydrogen (secondary N) is 1. The second kappa shape index (κ2) is 8.14. The third kappa shape index (κ3) is 3.98. The van der Waals surface area contributed by atoms with Gasteiger partial charge in [-0.2, -0.15) is 13.2 Å². The summed E-state index contributed by atoms with van der Waals surface area (Å²) in [5.41, 5.74) is 1.04. The number of alkyl halides is 3. The van der Waals surface area contributed by atoms with Crippen molar-refractivity contribution in [3.63, 3.8) is 0 Å². The molecule has 1 atom stereocenters. The lowest BCUT2D eigenvalue weighted by atomic mass is 9.94. The molecule has 9 heteroatoms. The topological polar surface area (TPSA) is 52.7 Å². The molecule has 32 heavy (non-hydrogen) atoms. The summed E-state index contributed by atoms with van der Waals surface area (Å²) >= 11 is 0. The number of halogens is 4. The number of urea groups is 1. The minimum Gasteiger partial charge on any atom is -0.329 e. The van der Waals surface area contributed by atoms with Crippen molar-refractivity contribution in [1.82, 2.24) is 15.1 Å². The molecule has 0 spiro atoms. The van der Waals surface area contributed by atoms with Crippen LogP contribution in [0.15, 0.2) is 72.5 Å². The van der Waals surface area contributed by atoms with Gasteiger partial charge >= 0.3 is 12.2 Å². The molecule has 4 rings (SSSR count). The van der Waals surface area contributed by atoms with Gasteiger partial charge in [0.1, 0.15) is 5.82 Å². The summed E-state index contributed by atoms with van der Waals surface area (Å²) in [4.78, 5) is 28.9. The van der Waals surface area contributed by atoms with Crippen LogP contribution in [-0.2, 0) is 17.5 Å². The second-order valence-electron chi connectivity index (χ2n) is 7.55. The highest BCUT2D eigenvalue weighted by molar-refractivity contribution is 6.01. The Kier molecular flexibility index (Phi) is 5.50. The van der Waals surface area contributed by atoms with Gasteiger partial charge in [0.05, 0.1) is 29.4 Å². The van der Waals surface area contributed by atoms with E-state index in [-0.39, 0.29) is 25.5 Å². The number of hydrogen-bond donors (Lipinski definition) is 1. The molecular weight excluding hydrogens is 426 g/mol. The maximum Gasteiger partial charge on any atom is 0.416 e. The van der Waals surface area contributed by atoms with E-state index >= 15 is 0 Å². The van der Waals surface area contributed by atoms with Gasteiger partial charge < -0.3 is 10.2 Å². The molecule has 0 saturated heterocycles. The average molecular weight is 445 g/mol. The monoisotopic (exact) mass is 445 g/mol. The zero-order valence-corrected chi connectivity index (χ0v) is 16.8. The van der Waals surface area contributed by atoms with E-state index in [1.807, 2.05) is 0 Å². The highest BCUT2D eigenvalue weighted by Crippen LogP contribution is 2.38. The van der Waals surface area contributed by atoms with Gasteiger partial charge in [0.2, 0.25) is 0 Å². The Hall–Kier alpha value is -3.62. The highest BCUT2D eigenvalue weighted by atomic mass is 19.4. The van der Waals surface area contributed by atoms with Crippen molar-refractivity contribution in [3.8, 4) is 0 Å². The van der Waals surface area contributed by atoms with E-state index in [2.05, 4.69) is 11.9 Å². The maximum atomic E-state index is 13.3. The summed E-state index contributed by atoms with van der Waals surface area (Å²) in [6.45, 7) is 4.15. The third-order valence-corrected chi connectivity index (χ3v) is 5.47. The molecule has 2 heterocycles. The number of amides is 3. The third-order valence-electron chi connectivity index (χ3n) is 5.47. The summed E-state index contributed by atoms with van der Waals surface area (Å²) in [6, 6.07) is 8.75. The van der Waals surface area contributed by atoms with Crippen LogP contribution in [0.25, 0.3) is 0 Å². The van der Waals surface area contributed by atoms with E-state index in [1.54, 1.807) is 12.1 Å². The van der Waals surface area contributed by atoms with Crippen LogP contribution in [0.2, 0.25) is 0 Å². The summed E-state index contributed by atoms with van der Waals surface area (Å²) in [5, 5.41) is 2.72. The Bertz CT molecular complexity index is 1090. The first-order chi connectivity index (χ1) is 15.2. The van der Waals surface area contributed by atoms with Crippen LogP contribution in [-0.4, -0.2) is 34.8 Å². The minimum atomic E-state index is -4.49. The molecule has 2 aromatic carbocycles. The van der Waals surface area contributed by atoms with Gasteiger partial charge in [-0.05, 0) is 35.4 Å². The minimum absolute atomic E-state index is 0.143. The number of carbonyl (C=O) groups excluding carboxylic acids is 2. The quantitative estimate of drug-likeness (QED) is 0.548. The summed E-state index contributed by atoms with van der Waals surface area (Å²) in [7, 11) is 0. The Morgan fingerprint density at radius 2 is 1.72 bits per heavy atom. The highest BCUT2D eigenvalue weighted by Gasteiger charge is 2.43. The van der Waals surface area contributed by atoms with Crippen LogP contribution in [0, 0.1) is 5.82 Å². The van der Waals surface area contributed by atoms with Crippen molar-refractivity contribution in [2.24, 2.45) is 0 Å². The largest absolute Gasteiger partial charge is 0.416 e. The standard InChI is InChI=1S/C23H19F4N3O2/c1-2-11-30-18-13-29(12-14-3-9-17(24)10-4-14)21(31)19(18)20(28-22(30)32)15-5-7-16(8-6-15)23(25,26)27/h2-10,20H,1,11-13H2,(H,28,32)/t20-/m1/s1. The normalized spacial score (nSPS) is 18.7. The lowest BCUT2D eigenvalue weighted by Gasteiger charge is -2.33. The molecule has 0 radical (unpaired) electrons. The first-order valence-electron chi connectivity index (χ1n) is 9.82. The van der Waals surface area contributed by atoms with E-state index in [9.17, 15) is 27.2 Å². The van der Waals surface area contributed by atoms with Gasteiger partial charge in [0.15, 0.2) is 0 Å². The fourth-order valence-corrected chi connectivity index (χ4v) is 3.92. The molecule has 0 saturated carbocycles. The molecule has 166 valence electrons. The fourth-order valence-electron chi connectivity index (χ4n) is 3.92. The van der Waals surface area contributed by atoms with E-state index in [0.29, 0.717) is 22.4 Å². The molecule has 0 aromatic heterocycles. The number of benzene rings is 2. The Labute approximate surface area is 181 Å². The number of carbonyl (C=O) groups is 2. The van der Waals surface area contributed by atoms with E-state index < -0.39 is 29.6 Å². The van der Waals surface area contributed by atoms with Crippen LogP contribution >= 0.6 is 0 Å². The molecule has 0 aliphatic carbocycles. The first kappa shape index (κ1) is 21.6. The van der Waals surface area contributed by atoms with Crippen LogP contribution in [0.5, 0.6) is 0 Å². The Balaban J connectivity index is 1.68. The molecule has 0 fully saturated rings. The molecule has 5 nitrogen and oxygen atoms in total. The lowest BCUT2D eigenvalue weighted by Crippen LogP contribution is -2.47. The number of hydrogen-bond acceptors (Lipinski definition) is 2. The van der Waals surface area contributed by atoms with Crippen molar-refractivity contribution in [2.45, 2.75) is 18.8 Å². The van der Waals surface area contributed by atoms with Crippen molar-refractivity contribution >= 4 is 11.9 Å². The Morgan fingerprint density at radius 1 is 1.06 bits per heavy atom. The van der Waals surface area contributed by atoms with E-state index in [4.69, 9.17) is 0 Å². The van der Waals surface area contributed by atoms with Gasteiger partial charge in [0, 0.05) is 13.1 Å². The molecule has 2 aliphatic rings. The van der Waals surface area contributed by atoms with Crippen LogP contribution in [0.3, 0.4) is 0 Å². The van der Waals surface area contributed by atoms with Crippen molar-refractivity contribution in [2.75, 3.05) is 13.1 Å². The van der Waals surface area contributed by atoms with Gasteiger partial charge in [-0.15, -0.1) is 6.58 Å². The zero-order chi connectivity index (χ0) is 23.0. The number of nitrogens with zero attached hydrogens (tertiary/aromatic N) is 2. The lowest BCUT2D eigenvalue weighted by molar-refractivity contribution is -0.137. The fraction of sp³-hybridized carbons (Fsp3) is 0.217. The smallest absolute Gasteiger partial charge is 0.329 e. The molecule has 1 N–H and O–H groups in total. The van der Waals surface area contributed by atoms with Crippen molar-refractivity contribution < 1.29 is 27.2 Å². The number of rotatable bonds is 5. The maximum absolute atomic E-state index is 13.3. The molecule has 2 aliphatic heterocycles. The van der Waals surface area contributed by atoms with E-state index in [1.165, 1.54) is 40.1 Å².